The van der Waals surface area contributed by atoms with E-state index in [1.165, 1.54) is 6.92 Å². The van der Waals surface area contributed by atoms with Crippen molar-refractivity contribution in [1.29, 1.82) is 0 Å². The molecule has 10 heteroatoms. The van der Waals surface area contributed by atoms with Crippen LogP contribution < -0.4 is 4.74 Å². The minimum absolute atomic E-state index is 0.440. The van der Waals surface area contributed by atoms with Gasteiger partial charge in [-0.3, -0.25) is 14.4 Å². The van der Waals surface area contributed by atoms with Gasteiger partial charge in [-0.05, 0) is 6.07 Å². The topological polar surface area (TPSA) is 118 Å². The van der Waals surface area contributed by atoms with Crippen LogP contribution in [0.1, 0.15) is 26.3 Å². The number of hydrogen-bond donors (Lipinski definition) is 1. The Kier molecular flexibility index (Phi) is 8.42. The van der Waals surface area contributed by atoms with E-state index in [0.717, 1.165) is 19.4 Å². The van der Waals surface area contributed by atoms with E-state index in [1.807, 2.05) is 12.1 Å². The van der Waals surface area contributed by atoms with Crippen molar-refractivity contribution in [2.45, 2.75) is 56.8 Å². The van der Waals surface area contributed by atoms with Gasteiger partial charge in [-0.2, -0.15) is 0 Å². The number of carbonyl (C=O) groups excluding carboxylic acids is 3. The Bertz CT molecular complexity index is 738. The maximum Gasteiger partial charge on any atom is 0.303 e. The monoisotopic (exact) mass is 474 g/mol. The molecule has 0 spiro atoms. The Morgan fingerprint density at radius 3 is 2.07 bits per heavy atom. The largest absolute Gasteiger partial charge is 0.460 e. The number of hydrogen-bond acceptors (Lipinski definition) is 9. The fourth-order valence-corrected chi connectivity index (χ4v) is 3.41. The fourth-order valence-electron chi connectivity index (χ4n) is 2.95. The Balaban J connectivity index is 2.43. The summed E-state index contributed by atoms with van der Waals surface area (Å²) < 4.78 is 27.5. The Labute approximate surface area is 176 Å². The van der Waals surface area contributed by atoms with Crippen LogP contribution in [-0.2, 0) is 38.7 Å². The quantitative estimate of drug-likeness (QED) is 0.355. The number of benzene rings is 1. The number of aliphatic hydroxyl groups is 1. The summed E-state index contributed by atoms with van der Waals surface area (Å²) in [5.74, 6) is -1.61. The smallest absolute Gasteiger partial charge is 0.303 e. The third-order valence-electron chi connectivity index (χ3n) is 4.04. The Hall–Kier alpha value is -2.17. The average Bonchev–Trinajstić information content (AvgIpc) is 2.65. The van der Waals surface area contributed by atoms with Crippen molar-refractivity contribution in [3.05, 3.63) is 29.8 Å². The van der Waals surface area contributed by atoms with Gasteiger partial charge in [-0.15, -0.1) is 0 Å². The molecule has 1 aliphatic rings. The molecule has 9 nitrogen and oxygen atoms in total. The second-order valence-corrected chi connectivity index (χ2v) is 6.87. The first kappa shape index (κ1) is 23.1. The molecular formula is C19H23BrO9. The van der Waals surface area contributed by atoms with Crippen molar-refractivity contribution in [1.82, 2.24) is 0 Å². The van der Waals surface area contributed by atoms with Gasteiger partial charge in [-0.25, -0.2) is 0 Å². The van der Waals surface area contributed by atoms with Crippen molar-refractivity contribution in [3.8, 4) is 5.75 Å². The first-order valence-corrected chi connectivity index (χ1v) is 9.97. The van der Waals surface area contributed by atoms with Crippen LogP contribution in [0.3, 0.4) is 0 Å². The summed E-state index contributed by atoms with van der Waals surface area (Å²) in [6.07, 6.45) is -5.99. The third-order valence-corrected chi connectivity index (χ3v) is 4.64. The molecule has 0 radical (unpaired) electrons. The fraction of sp³-hybridized carbons (Fsp3) is 0.526. The zero-order chi connectivity index (χ0) is 21.6. The molecule has 5 atom stereocenters. The molecule has 2 rings (SSSR count). The summed E-state index contributed by atoms with van der Waals surface area (Å²) in [5, 5.41) is 10.2. The lowest BCUT2D eigenvalue weighted by Gasteiger charge is -2.43. The van der Waals surface area contributed by atoms with Crippen LogP contribution in [0.25, 0.3) is 0 Å². The van der Waals surface area contributed by atoms with Gasteiger partial charge in [0.1, 0.15) is 11.9 Å². The highest BCUT2D eigenvalue weighted by atomic mass is 79.9. The van der Waals surface area contributed by atoms with E-state index in [4.69, 9.17) is 23.7 Å². The molecule has 1 aliphatic heterocycles. The maximum atomic E-state index is 11.7. The second-order valence-electron chi connectivity index (χ2n) is 6.31. The number of halogens is 1. The van der Waals surface area contributed by atoms with Crippen LogP contribution in [0.4, 0.5) is 0 Å². The molecule has 1 saturated heterocycles. The molecular weight excluding hydrogens is 452 g/mol. The highest BCUT2D eigenvalue weighted by Crippen LogP contribution is 2.32. The van der Waals surface area contributed by atoms with Crippen LogP contribution in [0, 0.1) is 0 Å². The number of ether oxygens (including phenoxy) is 5. The highest BCUT2D eigenvalue weighted by molar-refractivity contribution is 9.08. The molecule has 1 aromatic rings. The van der Waals surface area contributed by atoms with E-state index in [9.17, 15) is 19.5 Å². The lowest BCUT2D eigenvalue weighted by Crippen LogP contribution is -2.63. The minimum Gasteiger partial charge on any atom is -0.460 e. The van der Waals surface area contributed by atoms with Crippen molar-refractivity contribution in [2.24, 2.45) is 0 Å². The van der Waals surface area contributed by atoms with Gasteiger partial charge in [0.15, 0.2) is 12.2 Å². The van der Waals surface area contributed by atoms with Crippen molar-refractivity contribution < 1.29 is 43.2 Å². The number of carbonyl (C=O) groups is 3. The predicted octanol–water partition coefficient (Wildman–Crippen LogP) is 1.47. The van der Waals surface area contributed by atoms with E-state index in [1.54, 1.807) is 12.1 Å². The summed E-state index contributed by atoms with van der Waals surface area (Å²) in [5.41, 5.74) is 0.796. The summed E-state index contributed by atoms with van der Waals surface area (Å²) in [6.45, 7) is 2.94. The standard InChI is InChI=1S/C19H23BrO9/c1-10(22)25-16-15(9-21)29-19(28-14-7-5-4-6-13(14)8-20)18(27-12(3)24)17(16)26-11(2)23/h4-7,15-19,21H,8-9H2,1-3H3/t15-,16-,17+,18-,19-/m1/s1. The first-order chi connectivity index (χ1) is 13.8. The number of para-hydroxylation sites is 1. The predicted molar refractivity (Wildman–Crippen MR) is 102 cm³/mol. The van der Waals surface area contributed by atoms with Gasteiger partial charge in [-0.1, -0.05) is 34.1 Å². The molecule has 0 bridgehead atoms. The van der Waals surface area contributed by atoms with Crippen molar-refractivity contribution in [2.75, 3.05) is 6.61 Å². The lowest BCUT2D eigenvalue weighted by atomic mass is 9.98. The zero-order valence-electron chi connectivity index (χ0n) is 16.2. The van der Waals surface area contributed by atoms with Gasteiger partial charge in [0.05, 0.1) is 6.61 Å². The number of esters is 3. The maximum absolute atomic E-state index is 11.7. The minimum atomic E-state index is -1.24. The SMILES string of the molecule is CC(=O)O[C@@H]1[C@@H](OC(C)=O)[C@H](Oc2ccccc2CBr)O[C@H](CO)[C@H]1OC(C)=O. The molecule has 1 aromatic carbocycles. The molecule has 0 aliphatic carbocycles. The van der Waals surface area contributed by atoms with Gasteiger partial charge in [0, 0.05) is 31.7 Å². The first-order valence-electron chi connectivity index (χ1n) is 8.85. The number of alkyl halides is 1. The van der Waals surface area contributed by atoms with Crippen molar-refractivity contribution in [3.63, 3.8) is 0 Å². The molecule has 1 heterocycles. The van der Waals surface area contributed by atoms with E-state index in [0.29, 0.717) is 11.1 Å². The molecule has 1 fully saturated rings. The second kappa shape index (κ2) is 10.6. The highest BCUT2D eigenvalue weighted by Gasteiger charge is 2.52. The summed E-state index contributed by atoms with van der Waals surface area (Å²) in [7, 11) is 0. The van der Waals surface area contributed by atoms with E-state index < -0.39 is 55.2 Å². The van der Waals surface area contributed by atoms with E-state index >= 15 is 0 Å². The van der Waals surface area contributed by atoms with Gasteiger partial charge in [0.2, 0.25) is 12.4 Å². The molecule has 0 saturated carbocycles. The Morgan fingerprint density at radius 1 is 0.966 bits per heavy atom. The van der Waals surface area contributed by atoms with Crippen LogP contribution >= 0.6 is 15.9 Å². The summed E-state index contributed by atoms with van der Waals surface area (Å²) >= 11 is 3.36. The van der Waals surface area contributed by atoms with Crippen LogP contribution in [0.5, 0.6) is 5.75 Å². The summed E-state index contributed by atoms with van der Waals surface area (Å²) in [6, 6.07) is 7.09. The van der Waals surface area contributed by atoms with Crippen LogP contribution in [-0.4, -0.2) is 60.3 Å². The summed E-state index contributed by atoms with van der Waals surface area (Å²) in [4.78, 5) is 34.9. The van der Waals surface area contributed by atoms with E-state index in [2.05, 4.69) is 15.9 Å². The van der Waals surface area contributed by atoms with Crippen LogP contribution in [0.2, 0.25) is 0 Å². The molecule has 1 N–H and O–H groups in total. The zero-order valence-corrected chi connectivity index (χ0v) is 17.8. The van der Waals surface area contributed by atoms with Crippen molar-refractivity contribution >= 4 is 33.8 Å². The van der Waals surface area contributed by atoms with Crippen LogP contribution in [0.15, 0.2) is 24.3 Å². The molecule has 160 valence electrons. The molecule has 0 aromatic heterocycles. The third kappa shape index (κ3) is 6.15. The molecule has 29 heavy (non-hydrogen) atoms. The molecule has 0 unspecified atom stereocenters. The normalized spacial score (nSPS) is 26.3. The lowest BCUT2D eigenvalue weighted by molar-refractivity contribution is -0.288. The van der Waals surface area contributed by atoms with E-state index in [-0.39, 0.29) is 0 Å². The molecule has 0 amide bonds. The number of rotatable bonds is 7. The van der Waals surface area contributed by atoms with Gasteiger partial charge in [0.25, 0.3) is 0 Å². The van der Waals surface area contributed by atoms with Gasteiger partial charge < -0.3 is 28.8 Å². The Morgan fingerprint density at radius 2 is 1.52 bits per heavy atom. The number of aliphatic hydroxyl groups excluding tert-OH is 1. The average molecular weight is 475 g/mol. The van der Waals surface area contributed by atoms with Gasteiger partial charge >= 0.3 is 17.9 Å².